The molecule has 6 heteroatoms. The predicted octanol–water partition coefficient (Wildman–Crippen LogP) is 3.99. The first-order chi connectivity index (χ1) is 7.09. The van der Waals surface area contributed by atoms with E-state index >= 15 is 0 Å². The van der Waals surface area contributed by atoms with Crippen LogP contribution < -0.4 is 5.73 Å². The van der Waals surface area contributed by atoms with Crippen LogP contribution in [0.5, 0.6) is 0 Å². The molecule has 0 aliphatic rings. The lowest BCUT2D eigenvalue weighted by Crippen LogP contribution is -1.94. The van der Waals surface area contributed by atoms with Gasteiger partial charge in [0.1, 0.15) is 11.5 Å². The topological polar surface area (TPSA) is 52.0 Å². The molecule has 2 aromatic heterocycles. The van der Waals surface area contributed by atoms with Crippen molar-refractivity contribution in [3.63, 3.8) is 0 Å². The highest BCUT2D eigenvalue weighted by Gasteiger charge is 2.14. The SMILES string of the molecule is Nc1nc(-c2occc2Br)c(Cl)cc1Cl. The summed E-state index contributed by atoms with van der Waals surface area (Å²) in [7, 11) is 0. The van der Waals surface area contributed by atoms with Crippen LogP contribution in [0.25, 0.3) is 11.5 Å². The zero-order chi connectivity index (χ0) is 11.0. The number of furan rings is 1. The van der Waals surface area contributed by atoms with Crippen LogP contribution in [0.4, 0.5) is 5.82 Å². The zero-order valence-corrected chi connectivity index (χ0v) is 10.4. The fraction of sp³-hybridized carbons (Fsp3) is 0. The number of aromatic nitrogens is 1. The normalized spacial score (nSPS) is 10.6. The molecular weight excluding hydrogens is 303 g/mol. The summed E-state index contributed by atoms with van der Waals surface area (Å²) >= 11 is 15.1. The fourth-order valence-electron chi connectivity index (χ4n) is 1.10. The van der Waals surface area contributed by atoms with Gasteiger partial charge in [0.05, 0.1) is 20.8 Å². The quantitative estimate of drug-likeness (QED) is 0.866. The fourth-order valence-corrected chi connectivity index (χ4v) is 1.94. The highest BCUT2D eigenvalue weighted by molar-refractivity contribution is 9.10. The van der Waals surface area contributed by atoms with Gasteiger partial charge in [0, 0.05) is 0 Å². The molecule has 0 fully saturated rings. The summed E-state index contributed by atoms with van der Waals surface area (Å²) in [5.41, 5.74) is 6.06. The Hall–Kier alpha value is -0.710. The highest BCUT2D eigenvalue weighted by Crippen LogP contribution is 2.35. The van der Waals surface area contributed by atoms with E-state index in [1.54, 1.807) is 6.07 Å². The summed E-state index contributed by atoms with van der Waals surface area (Å²) in [6.45, 7) is 0. The molecule has 2 aromatic rings. The number of pyridine rings is 1. The van der Waals surface area contributed by atoms with Crippen LogP contribution in [0.3, 0.4) is 0 Å². The van der Waals surface area contributed by atoms with Crippen LogP contribution in [0.15, 0.2) is 27.3 Å². The van der Waals surface area contributed by atoms with Crippen LogP contribution in [-0.2, 0) is 0 Å². The van der Waals surface area contributed by atoms with E-state index in [2.05, 4.69) is 20.9 Å². The van der Waals surface area contributed by atoms with E-state index < -0.39 is 0 Å². The lowest BCUT2D eigenvalue weighted by atomic mass is 10.3. The van der Waals surface area contributed by atoms with Gasteiger partial charge in [0.25, 0.3) is 0 Å². The largest absolute Gasteiger partial charge is 0.461 e. The van der Waals surface area contributed by atoms with Gasteiger partial charge in [-0.2, -0.15) is 0 Å². The summed E-state index contributed by atoms with van der Waals surface area (Å²) < 4.78 is 6.00. The molecular formula is C9H5BrCl2N2O. The predicted molar refractivity (Wildman–Crippen MR) is 64.1 cm³/mol. The molecule has 0 saturated carbocycles. The average molecular weight is 308 g/mol. The molecule has 0 atom stereocenters. The maximum Gasteiger partial charge on any atom is 0.168 e. The van der Waals surface area contributed by atoms with Gasteiger partial charge >= 0.3 is 0 Å². The molecule has 0 saturated heterocycles. The Labute approximate surface area is 104 Å². The average Bonchev–Trinajstić information content (AvgIpc) is 2.58. The summed E-state index contributed by atoms with van der Waals surface area (Å²) in [5.74, 6) is 0.753. The molecule has 0 unspecified atom stereocenters. The Morgan fingerprint density at radius 3 is 2.67 bits per heavy atom. The molecule has 0 aromatic carbocycles. The van der Waals surface area contributed by atoms with Crippen LogP contribution in [-0.4, -0.2) is 4.98 Å². The van der Waals surface area contributed by atoms with Gasteiger partial charge in [-0.3, -0.25) is 0 Å². The van der Waals surface area contributed by atoms with E-state index in [9.17, 15) is 0 Å². The molecule has 0 aliphatic heterocycles. The minimum absolute atomic E-state index is 0.222. The Morgan fingerprint density at radius 1 is 1.33 bits per heavy atom. The van der Waals surface area contributed by atoms with Crippen molar-refractivity contribution < 1.29 is 4.42 Å². The maximum atomic E-state index is 5.98. The first kappa shape index (κ1) is 10.8. The summed E-state index contributed by atoms with van der Waals surface area (Å²) in [6, 6.07) is 3.29. The number of hydrogen-bond donors (Lipinski definition) is 1. The second-order valence-corrected chi connectivity index (χ2v) is 4.45. The number of nitrogen functional groups attached to an aromatic ring is 1. The molecule has 0 radical (unpaired) electrons. The number of anilines is 1. The zero-order valence-electron chi connectivity index (χ0n) is 7.30. The van der Waals surface area contributed by atoms with Crippen molar-refractivity contribution in [2.24, 2.45) is 0 Å². The van der Waals surface area contributed by atoms with Gasteiger partial charge in [0.2, 0.25) is 0 Å². The third-order valence-corrected chi connectivity index (χ3v) is 3.00. The standard InChI is InChI=1S/C9H5BrCl2N2O/c10-4-1-2-15-8(4)7-5(11)3-6(12)9(13)14-7/h1-3H,(H2,13,14). The van der Waals surface area contributed by atoms with Crippen molar-refractivity contribution in [3.8, 4) is 11.5 Å². The molecule has 3 nitrogen and oxygen atoms in total. The number of nitrogens with two attached hydrogens (primary N) is 1. The van der Waals surface area contributed by atoms with Gasteiger partial charge in [-0.15, -0.1) is 0 Å². The number of nitrogens with zero attached hydrogens (tertiary/aromatic N) is 1. The number of halogens is 3. The molecule has 2 rings (SSSR count). The van der Waals surface area contributed by atoms with Crippen LogP contribution >= 0.6 is 39.1 Å². The lowest BCUT2D eigenvalue weighted by Gasteiger charge is -2.03. The molecule has 15 heavy (non-hydrogen) atoms. The maximum absolute atomic E-state index is 5.98. The summed E-state index contributed by atoms with van der Waals surface area (Å²) in [4.78, 5) is 4.07. The molecule has 0 amide bonds. The minimum atomic E-state index is 0.222. The Bertz CT molecular complexity index is 513. The van der Waals surface area contributed by atoms with E-state index in [0.717, 1.165) is 4.47 Å². The highest BCUT2D eigenvalue weighted by atomic mass is 79.9. The van der Waals surface area contributed by atoms with Crippen molar-refractivity contribution in [3.05, 3.63) is 32.9 Å². The van der Waals surface area contributed by atoms with Gasteiger partial charge in [-0.1, -0.05) is 23.2 Å². The molecule has 0 bridgehead atoms. The number of hydrogen-bond acceptors (Lipinski definition) is 3. The molecule has 2 N–H and O–H groups in total. The van der Waals surface area contributed by atoms with Crippen LogP contribution in [0.1, 0.15) is 0 Å². The van der Waals surface area contributed by atoms with Gasteiger partial charge in [0.15, 0.2) is 5.76 Å². The third kappa shape index (κ3) is 1.97. The van der Waals surface area contributed by atoms with E-state index in [4.69, 9.17) is 33.4 Å². The smallest absolute Gasteiger partial charge is 0.168 e. The van der Waals surface area contributed by atoms with E-state index in [-0.39, 0.29) is 5.82 Å². The lowest BCUT2D eigenvalue weighted by molar-refractivity contribution is 0.579. The van der Waals surface area contributed by atoms with Gasteiger partial charge < -0.3 is 10.2 Å². The Balaban J connectivity index is 2.64. The van der Waals surface area contributed by atoms with Crippen molar-refractivity contribution in [2.75, 3.05) is 5.73 Å². The second-order valence-electron chi connectivity index (χ2n) is 2.78. The van der Waals surface area contributed by atoms with E-state index in [1.165, 1.54) is 12.3 Å². The van der Waals surface area contributed by atoms with Crippen LogP contribution in [0.2, 0.25) is 10.0 Å². The molecule has 2 heterocycles. The first-order valence-corrected chi connectivity index (χ1v) is 5.49. The summed E-state index contributed by atoms with van der Waals surface area (Å²) in [6.07, 6.45) is 1.53. The molecule has 0 spiro atoms. The second kappa shape index (κ2) is 4.04. The Kier molecular flexibility index (Phi) is 2.91. The summed E-state index contributed by atoms with van der Waals surface area (Å²) in [5, 5.41) is 0.719. The van der Waals surface area contributed by atoms with E-state index in [0.29, 0.717) is 21.5 Å². The van der Waals surface area contributed by atoms with Crippen molar-refractivity contribution in [2.45, 2.75) is 0 Å². The Morgan fingerprint density at radius 2 is 2.07 bits per heavy atom. The van der Waals surface area contributed by atoms with E-state index in [1.807, 2.05) is 0 Å². The first-order valence-electron chi connectivity index (χ1n) is 3.94. The third-order valence-electron chi connectivity index (χ3n) is 1.79. The molecule has 0 aliphatic carbocycles. The van der Waals surface area contributed by atoms with Crippen LogP contribution in [0, 0.1) is 0 Å². The minimum Gasteiger partial charge on any atom is -0.461 e. The monoisotopic (exact) mass is 306 g/mol. The van der Waals surface area contributed by atoms with Crippen molar-refractivity contribution in [1.29, 1.82) is 0 Å². The van der Waals surface area contributed by atoms with Gasteiger partial charge in [-0.05, 0) is 28.1 Å². The number of rotatable bonds is 1. The van der Waals surface area contributed by atoms with Crippen molar-refractivity contribution in [1.82, 2.24) is 4.98 Å². The van der Waals surface area contributed by atoms with Gasteiger partial charge in [-0.25, -0.2) is 4.98 Å². The van der Waals surface area contributed by atoms with Crippen molar-refractivity contribution >= 4 is 44.9 Å². The molecule has 78 valence electrons.